The van der Waals surface area contributed by atoms with Crippen LogP contribution in [0.15, 0.2) is 24.3 Å². The van der Waals surface area contributed by atoms with Gasteiger partial charge in [0.05, 0.1) is 0 Å². The van der Waals surface area contributed by atoms with Crippen LogP contribution in [0.5, 0.6) is 0 Å². The zero-order valence-electron chi connectivity index (χ0n) is 6.72. The molecular formula is C12H8. The van der Waals surface area contributed by atoms with Crippen LogP contribution in [0.3, 0.4) is 0 Å². The molecule has 0 aliphatic heterocycles. The molecule has 0 fully saturated rings. The van der Waals surface area contributed by atoms with E-state index in [1.165, 1.54) is 34.7 Å². The molecule has 0 nitrogen and oxygen atoms in total. The molecule has 0 saturated heterocycles. The van der Waals surface area contributed by atoms with E-state index in [-0.39, 0.29) is 0 Å². The van der Waals surface area contributed by atoms with Crippen LogP contribution in [0, 0.1) is 12.1 Å². The molecule has 2 aromatic carbocycles. The minimum absolute atomic E-state index is 1.18. The van der Waals surface area contributed by atoms with Crippen molar-refractivity contribution in [2.75, 3.05) is 0 Å². The van der Waals surface area contributed by atoms with Gasteiger partial charge in [0.1, 0.15) is 0 Å². The van der Waals surface area contributed by atoms with Crippen molar-refractivity contribution in [3.8, 4) is 0 Å². The Morgan fingerprint density at radius 2 is 2.00 bits per heavy atom. The summed E-state index contributed by atoms with van der Waals surface area (Å²) in [6.45, 7) is 0. The fraction of sp³-hybridized carbons (Fsp3) is 0.167. The van der Waals surface area contributed by atoms with Gasteiger partial charge < -0.3 is 0 Å². The first-order chi connectivity index (χ1) is 5.95. The normalized spacial score (nSPS) is 13.3. The van der Waals surface area contributed by atoms with Crippen LogP contribution < -0.4 is 0 Å². The van der Waals surface area contributed by atoms with Crippen molar-refractivity contribution in [2.24, 2.45) is 0 Å². The molecule has 0 bridgehead atoms. The Balaban J connectivity index is 2.58. The lowest BCUT2D eigenvalue weighted by molar-refractivity contribution is 1.02. The van der Waals surface area contributed by atoms with Crippen molar-refractivity contribution in [3.05, 3.63) is 47.5 Å². The first kappa shape index (κ1) is 6.08. The van der Waals surface area contributed by atoms with Gasteiger partial charge in [-0.2, -0.15) is 0 Å². The van der Waals surface area contributed by atoms with Gasteiger partial charge in [-0.05, 0) is 41.5 Å². The third-order valence-corrected chi connectivity index (χ3v) is 2.59. The second-order valence-corrected chi connectivity index (χ2v) is 3.28. The summed E-state index contributed by atoms with van der Waals surface area (Å²) in [5.41, 5.74) is 2.92. The molecule has 12 heavy (non-hydrogen) atoms. The van der Waals surface area contributed by atoms with Gasteiger partial charge in [-0.15, -0.1) is 0 Å². The maximum absolute atomic E-state index is 3.15. The van der Waals surface area contributed by atoms with Gasteiger partial charge >= 0.3 is 0 Å². The van der Waals surface area contributed by atoms with E-state index in [1.54, 1.807) is 0 Å². The molecule has 2 aromatic rings. The Bertz CT molecular complexity index is 402. The Morgan fingerprint density at radius 1 is 1.08 bits per heavy atom. The Morgan fingerprint density at radius 3 is 3.00 bits per heavy atom. The average Bonchev–Trinajstić information content (AvgIpc) is 2.52. The lowest BCUT2D eigenvalue weighted by Gasteiger charge is -1.95. The highest BCUT2D eigenvalue weighted by Gasteiger charge is 2.11. The van der Waals surface area contributed by atoms with Gasteiger partial charge in [0.2, 0.25) is 0 Å². The highest BCUT2D eigenvalue weighted by Crippen LogP contribution is 2.28. The fourth-order valence-corrected chi connectivity index (χ4v) is 2.03. The number of hydrogen-bond acceptors (Lipinski definition) is 0. The molecule has 0 amide bonds. The number of hydrogen-bond donors (Lipinski definition) is 0. The number of aryl methyl sites for hydroxylation is 2. The first-order valence-electron chi connectivity index (χ1n) is 4.28. The molecule has 0 spiro atoms. The second kappa shape index (κ2) is 2.01. The van der Waals surface area contributed by atoms with Gasteiger partial charge in [-0.3, -0.25) is 0 Å². The first-order valence-corrected chi connectivity index (χ1v) is 4.28. The standard InChI is InChI=1S/C12H8/c1-3-9-4-2-6-11-8-7-10(5-1)12(9)11/h1,3,5-6H,7-8H2. The lowest BCUT2D eigenvalue weighted by atomic mass is 10.1. The van der Waals surface area contributed by atoms with Gasteiger partial charge in [0.15, 0.2) is 0 Å². The van der Waals surface area contributed by atoms with Gasteiger partial charge in [-0.25, -0.2) is 0 Å². The molecule has 3 rings (SSSR count). The summed E-state index contributed by atoms with van der Waals surface area (Å²) < 4.78 is 0. The molecule has 0 heteroatoms. The summed E-state index contributed by atoms with van der Waals surface area (Å²) in [6, 6.07) is 14.7. The van der Waals surface area contributed by atoms with Crippen LogP contribution in [0.1, 0.15) is 11.1 Å². The second-order valence-electron chi connectivity index (χ2n) is 3.28. The summed E-state index contributed by atoms with van der Waals surface area (Å²) in [7, 11) is 0. The van der Waals surface area contributed by atoms with Crippen molar-refractivity contribution in [2.45, 2.75) is 12.8 Å². The van der Waals surface area contributed by atoms with Crippen molar-refractivity contribution < 1.29 is 0 Å². The van der Waals surface area contributed by atoms with Crippen molar-refractivity contribution in [1.82, 2.24) is 0 Å². The minimum Gasteiger partial charge on any atom is -0.0693 e. The van der Waals surface area contributed by atoms with E-state index < -0.39 is 0 Å². The van der Waals surface area contributed by atoms with E-state index in [1.807, 2.05) is 0 Å². The van der Waals surface area contributed by atoms with Crippen molar-refractivity contribution in [1.29, 1.82) is 0 Å². The van der Waals surface area contributed by atoms with E-state index in [0.717, 1.165) is 0 Å². The molecule has 1 aliphatic rings. The van der Waals surface area contributed by atoms with E-state index in [4.69, 9.17) is 0 Å². The van der Waals surface area contributed by atoms with Crippen LogP contribution >= 0.6 is 0 Å². The third kappa shape index (κ3) is 0.636. The Labute approximate surface area is 71.8 Å². The monoisotopic (exact) mass is 152 g/mol. The summed E-state index contributed by atoms with van der Waals surface area (Å²) in [6.07, 6.45) is 2.37. The van der Waals surface area contributed by atoms with Crippen LogP contribution in [-0.2, 0) is 12.8 Å². The van der Waals surface area contributed by atoms with E-state index in [9.17, 15) is 0 Å². The van der Waals surface area contributed by atoms with Crippen molar-refractivity contribution in [3.63, 3.8) is 0 Å². The minimum atomic E-state index is 1.18. The molecule has 0 radical (unpaired) electrons. The third-order valence-electron chi connectivity index (χ3n) is 2.59. The Hall–Kier alpha value is -1.48. The van der Waals surface area contributed by atoms with E-state index >= 15 is 0 Å². The lowest BCUT2D eigenvalue weighted by Crippen LogP contribution is -1.75. The largest absolute Gasteiger partial charge is 0.0693 e. The van der Waals surface area contributed by atoms with Crippen LogP contribution in [0.25, 0.3) is 10.8 Å². The predicted molar refractivity (Wildman–Crippen MR) is 49.0 cm³/mol. The molecule has 0 aromatic heterocycles. The predicted octanol–water partition coefficient (Wildman–Crippen LogP) is 2.54. The summed E-state index contributed by atoms with van der Waals surface area (Å²) in [5, 5.41) is 2.65. The van der Waals surface area contributed by atoms with E-state index in [0.29, 0.717) is 0 Å². The highest BCUT2D eigenvalue weighted by atomic mass is 14.1. The summed E-state index contributed by atoms with van der Waals surface area (Å²) in [5.74, 6) is 0. The smallest absolute Gasteiger partial charge is 0.0327 e. The average molecular weight is 152 g/mol. The topological polar surface area (TPSA) is 0 Å². The zero-order chi connectivity index (χ0) is 7.97. The number of benzene rings is 1. The molecule has 56 valence electrons. The van der Waals surface area contributed by atoms with Crippen LogP contribution in [0.4, 0.5) is 0 Å². The summed E-state index contributed by atoms with van der Waals surface area (Å²) in [4.78, 5) is 0. The van der Waals surface area contributed by atoms with Crippen LogP contribution in [0.2, 0.25) is 0 Å². The SMILES string of the molecule is c1cc2c3c(cccc3c#1)CC2. The molecule has 0 atom stereocenters. The molecule has 0 heterocycles. The maximum atomic E-state index is 3.15. The zero-order valence-corrected chi connectivity index (χ0v) is 6.72. The maximum Gasteiger partial charge on any atom is 0.0327 e. The number of rotatable bonds is 0. The molecule has 0 N–H and O–H groups in total. The molecule has 0 unspecified atom stereocenters. The van der Waals surface area contributed by atoms with Gasteiger partial charge in [-0.1, -0.05) is 24.3 Å². The van der Waals surface area contributed by atoms with Crippen LogP contribution in [-0.4, -0.2) is 0 Å². The van der Waals surface area contributed by atoms with Gasteiger partial charge in [0, 0.05) is 5.39 Å². The summed E-state index contributed by atoms with van der Waals surface area (Å²) >= 11 is 0. The Kier molecular flexibility index (Phi) is 1.02. The fourth-order valence-electron chi connectivity index (χ4n) is 2.03. The van der Waals surface area contributed by atoms with Crippen molar-refractivity contribution >= 4 is 10.8 Å². The van der Waals surface area contributed by atoms with E-state index in [2.05, 4.69) is 36.4 Å². The molecule has 1 aliphatic carbocycles. The van der Waals surface area contributed by atoms with Gasteiger partial charge in [0.25, 0.3) is 0 Å². The quantitative estimate of drug-likeness (QED) is 0.544. The molecular weight excluding hydrogens is 144 g/mol. The molecule has 0 saturated carbocycles. The highest BCUT2D eigenvalue weighted by molar-refractivity contribution is 5.89.